The van der Waals surface area contributed by atoms with Crippen LogP contribution < -0.4 is 5.73 Å². The Hall–Kier alpha value is -0.120. The zero-order valence-corrected chi connectivity index (χ0v) is 10.8. The molecule has 1 rings (SSSR count). The van der Waals surface area contributed by atoms with Gasteiger partial charge >= 0.3 is 0 Å². The van der Waals surface area contributed by atoms with Gasteiger partial charge in [0.25, 0.3) is 0 Å². The molecule has 0 aromatic heterocycles. The Morgan fingerprint density at radius 1 is 1.13 bits per heavy atom. The Balaban J connectivity index is 1.98. The van der Waals surface area contributed by atoms with E-state index in [1.165, 1.54) is 22.2 Å². The number of hydrogen-bond acceptors (Lipinski definition) is 3. The molecular weight excluding hydrogens is 222 g/mol. The van der Waals surface area contributed by atoms with Crippen molar-refractivity contribution in [1.82, 2.24) is 0 Å². The molecule has 2 N–H and O–H groups in total. The molecule has 1 aromatic rings. The van der Waals surface area contributed by atoms with Crippen LogP contribution in [0.1, 0.15) is 13.3 Å². The van der Waals surface area contributed by atoms with E-state index in [9.17, 15) is 0 Å². The van der Waals surface area contributed by atoms with Crippen molar-refractivity contribution in [2.75, 3.05) is 17.3 Å². The Bertz CT molecular complexity index is 249. The molecule has 0 radical (unpaired) electrons. The maximum absolute atomic E-state index is 5.68. The normalized spacial score (nSPS) is 12.7. The van der Waals surface area contributed by atoms with Gasteiger partial charge in [0.05, 0.1) is 0 Å². The largest absolute Gasteiger partial charge is 0.328 e. The van der Waals surface area contributed by atoms with Crippen LogP contribution in [0.2, 0.25) is 0 Å². The van der Waals surface area contributed by atoms with Crippen molar-refractivity contribution < 1.29 is 0 Å². The minimum Gasteiger partial charge on any atom is -0.328 e. The van der Waals surface area contributed by atoms with Gasteiger partial charge in [-0.25, -0.2) is 0 Å². The molecule has 0 aliphatic carbocycles. The Labute approximate surface area is 101 Å². The third-order valence-electron chi connectivity index (χ3n) is 1.96. The lowest BCUT2D eigenvalue weighted by Gasteiger charge is -2.04. The molecule has 1 nitrogen and oxygen atoms in total. The van der Waals surface area contributed by atoms with Crippen LogP contribution in [0, 0.1) is 0 Å². The second kappa shape index (κ2) is 8.08. The Kier molecular flexibility index (Phi) is 6.98. The molecule has 0 bridgehead atoms. The molecular formula is C12H19NS2. The molecule has 0 spiro atoms. The summed E-state index contributed by atoms with van der Waals surface area (Å²) < 4.78 is 0. The van der Waals surface area contributed by atoms with Crippen molar-refractivity contribution in [3.05, 3.63) is 30.3 Å². The Morgan fingerprint density at radius 2 is 1.87 bits per heavy atom. The van der Waals surface area contributed by atoms with E-state index in [0.717, 1.165) is 6.42 Å². The van der Waals surface area contributed by atoms with Gasteiger partial charge in [0, 0.05) is 22.4 Å². The van der Waals surface area contributed by atoms with Gasteiger partial charge in [0.15, 0.2) is 0 Å². The first-order valence-electron chi connectivity index (χ1n) is 5.30. The molecule has 1 aromatic carbocycles. The van der Waals surface area contributed by atoms with Gasteiger partial charge in [-0.05, 0) is 31.2 Å². The summed E-state index contributed by atoms with van der Waals surface area (Å²) in [4.78, 5) is 1.37. The van der Waals surface area contributed by atoms with Crippen LogP contribution in [0.25, 0.3) is 0 Å². The van der Waals surface area contributed by atoms with E-state index in [0.29, 0.717) is 6.04 Å². The molecule has 15 heavy (non-hydrogen) atoms. The highest BCUT2D eigenvalue weighted by molar-refractivity contribution is 8.02. The van der Waals surface area contributed by atoms with E-state index in [1.54, 1.807) is 0 Å². The summed E-state index contributed by atoms with van der Waals surface area (Å²) in [5.74, 6) is 3.59. The first kappa shape index (κ1) is 12.9. The molecule has 1 unspecified atom stereocenters. The van der Waals surface area contributed by atoms with Crippen molar-refractivity contribution in [2.45, 2.75) is 24.3 Å². The molecule has 84 valence electrons. The Morgan fingerprint density at radius 3 is 2.53 bits per heavy atom. The van der Waals surface area contributed by atoms with Crippen LogP contribution in [0.15, 0.2) is 35.2 Å². The van der Waals surface area contributed by atoms with E-state index in [1.807, 2.05) is 23.5 Å². The summed E-state index contributed by atoms with van der Waals surface area (Å²) in [6.07, 6.45) is 1.13. The molecule has 0 fully saturated rings. The number of hydrogen-bond donors (Lipinski definition) is 1. The highest BCUT2D eigenvalue weighted by atomic mass is 32.2. The van der Waals surface area contributed by atoms with Crippen LogP contribution in [0.4, 0.5) is 0 Å². The average Bonchev–Trinajstić information content (AvgIpc) is 2.24. The molecule has 0 saturated heterocycles. The summed E-state index contributed by atoms with van der Waals surface area (Å²) in [7, 11) is 0. The monoisotopic (exact) mass is 241 g/mol. The third kappa shape index (κ3) is 6.88. The van der Waals surface area contributed by atoms with Gasteiger partial charge in [0.2, 0.25) is 0 Å². The van der Waals surface area contributed by atoms with Gasteiger partial charge in [-0.2, -0.15) is 11.8 Å². The van der Waals surface area contributed by atoms with Gasteiger partial charge in [-0.3, -0.25) is 0 Å². The van der Waals surface area contributed by atoms with Crippen molar-refractivity contribution in [1.29, 1.82) is 0 Å². The average molecular weight is 241 g/mol. The molecule has 0 saturated carbocycles. The van der Waals surface area contributed by atoms with Gasteiger partial charge < -0.3 is 5.73 Å². The van der Waals surface area contributed by atoms with Gasteiger partial charge in [-0.1, -0.05) is 18.2 Å². The molecule has 0 heterocycles. The van der Waals surface area contributed by atoms with E-state index < -0.39 is 0 Å². The van der Waals surface area contributed by atoms with Crippen LogP contribution in [-0.2, 0) is 0 Å². The lowest BCUT2D eigenvalue weighted by molar-refractivity contribution is 0.721. The maximum atomic E-state index is 5.68. The van der Waals surface area contributed by atoms with Crippen LogP contribution in [-0.4, -0.2) is 23.3 Å². The maximum Gasteiger partial charge on any atom is 0.00722 e. The standard InChI is InChI=1S/C12H19NS2/c1-11(13)7-8-14-9-10-15-12-5-3-2-4-6-12/h2-6,11H,7-10,13H2,1H3. The minimum atomic E-state index is 0.347. The SMILES string of the molecule is CC(N)CCSCCSc1ccccc1. The summed E-state index contributed by atoms with van der Waals surface area (Å²) >= 11 is 3.93. The highest BCUT2D eigenvalue weighted by Crippen LogP contribution is 2.18. The van der Waals surface area contributed by atoms with Crippen LogP contribution in [0.5, 0.6) is 0 Å². The lowest BCUT2D eigenvalue weighted by atomic mass is 10.3. The molecule has 0 aliphatic rings. The summed E-state index contributed by atoms with van der Waals surface area (Å²) in [5, 5.41) is 0. The fourth-order valence-corrected chi connectivity index (χ4v) is 3.24. The topological polar surface area (TPSA) is 26.0 Å². The van der Waals surface area contributed by atoms with E-state index >= 15 is 0 Å². The summed E-state index contributed by atoms with van der Waals surface area (Å²) in [6, 6.07) is 10.9. The molecule has 3 heteroatoms. The zero-order valence-electron chi connectivity index (χ0n) is 9.19. The number of rotatable bonds is 7. The quantitative estimate of drug-likeness (QED) is 0.586. The number of benzene rings is 1. The van der Waals surface area contributed by atoms with Crippen molar-refractivity contribution in [2.24, 2.45) is 5.73 Å². The molecule has 0 aliphatic heterocycles. The fraction of sp³-hybridized carbons (Fsp3) is 0.500. The van der Waals surface area contributed by atoms with E-state index in [4.69, 9.17) is 5.73 Å². The first-order valence-corrected chi connectivity index (χ1v) is 7.44. The minimum absolute atomic E-state index is 0.347. The predicted octanol–water partition coefficient (Wildman–Crippen LogP) is 3.25. The lowest BCUT2D eigenvalue weighted by Crippen LogP contribution is -2.15. The van der Waals surface area contributed by atoms with Gasteiger partial charge in [0.1, 0.15) is 0 Å². The molecule has 1 atom stereocenters. The van der Waals surface area contributed by atoms with E-state index in [-0.39, 0.29) is 0 Å². The van der Waals surface area contributed by atoms with E-state index in [2.05, 4.69) is 37.3 Å². The van der Waals surface area contributed by atoms with Crippen molar-refractivity contribution in [3.8, 4) is 0 Å². The van der Waals surface area contributed by atoms with Crippen molar-refractivity contribution >= 4 is 23.5 Å². The fourth-order valence-electron chi connectivity index (χ4n) is 1.11. The third-order valence-corrected chi connectivity index (χ3v) is 4.25. The summed E-state index contributed by atoms with van der Waals surface area (Å²) in [6.45, 7) is 2.07. The van der Waals surface area contributed by atoms with Crippen LogP contribution in [0.3, 0.4) is 0 Å². The highest BCUT2D eigenvalue weighted by Gasteiger charge is 1.95. The van der Waals surface area contributed by atoms with Gasteiger partial charge in [-0.15, -0.1) is 11.8 Å². The second-order valence-electron chi connectivity index (χ2n) is 3.54. The molecule has 0 amide bonds. The number of thioether (sulfide) groups is 2. The summed E-state index contributed by atoms with van der Waals surface area (Å²) in [5.41, 5.74) is 5.68. The van der Waals surface area contributed by atoms with Crippen LogP contribution >= 0.6 is 23.5 Å². The first-order chi connectivity index (χ1) is 7.29. The zero-order chi connectivity index (χ0) is 10.9. The number of nitrogens with two attached hydrogens (primary N) is 1. The smallest absolute Gasteiger partial charge is 0.00722 e. The van der Waals surface area contributed by atoms with Crippen molar-refractivity contribution in [3.63, 3.8) is 0 Å². The predicted molar refractivity (Wildman–Crippen MR) is 72.8 cm³/mol. The second-order valence-corrected chi connectivity index (χ2v) is 5.93.